The van der Waals surface area contributed by atoms with Crippen molar-refractivity contribution in [3.63, 3.8) is 0 Å². The summed E-state index contributed by atoms with van der Waals surface area (Å²) in [7, 11) is -3.12. The standard InChI is InChI=1S/C13H21BrN3O6P/c1-3-22-24(21,23-4-2)7-5-6-15-11(18)9-17-8-10(14)12(19)16-13(17)20/h8H,3-7,9H2,1-2H3,(H,15,18)(H,16,19,20). The van der Waals surface area contributed by atoms with Gasteiger partial charge in [-0.2, -0.15) is 0 Å². The molecule has 1 aromatic rings. The smallest absolute Gasteiger partial charge is 0.330 e. The van der Waals surface area contributed by atoms with Crippen LogP contribution in [0.25, 0.3) is 0 Å². The summed E-state index contributed by atoms with van der Waals surface area (Å²) in [5.41, 5.74) is -1.23. The highest BCUT2D eigenvalue weighted by Crippen LogP contribution is 2.48. The number of aromatic amines is 1. The molecule has 0 bridgehead atoms. The molecule has 0 saturated heterocycles. The Morgan fingerprint density at radius 2 is 1.96 bits per heavy atom. The molecule has 1 heterocycles. The number of nitrogens with zero attached hydrogens (tertiary/aromatic N) is 1. The molecule has 2 N–H and O–H groups in total. The third-order valence-corrected chi connectivity index (χ3v) is 5.60. The number of rotatable bonds is 10. The quantitative estimate of drug-likeness (QED) is 0.427. The number of aromatic nitrogens is 2. The predicted octanol–water partition coefficient (Wildman–Crippen LogP) is 1.07. The Balaban J connectivity index is 2.47. The fourth-order valence-corrected chi connectivity index (χ4v) is 3.88. The number of carbonyl (C=O) groups excluding carboxylic acids is 1. The molecule has 0 atom stereocenters. The van der Waals surface area contributed by atoms with Crippen LogP contribution in [0.2, 0.25) is 0 Å². The summed E-state index contributed by atoms with van der Waals surface area (Å²) in [6.07, 6.45) is 1.85. The monoisotopic (exact) mass is 425 g/mol. The van der Waals surface area contributed by atoms with Crippen molar-refractivity contribution in [3.8, 4) is 0 Å². The molecule has 1 rings (SSSR count). The third-order valence-electron chi connectivity index (χ3n) is 2.86. The Morgan fingerprint density at radius 1 is 1.33 bits per heavy atom. The van der Waals surface area contributed by atoms with Gasteiger partial charge in [0.1, 0.15) is 6.54 Å². The minimum absolute atomic E-state index is 0.157. The second-order valence-electron chi connectivity index (χ2n) is 4.74. The van der Waals surface area contributed by atoms with Gasteiger partial charge in [-0.25, -0.2) is 4.79 Å². The lowest BCUT2D eigenvalue weighted by atomic mass is 10.4. The van der Waals surface area contributed by atoms with Crippen molar-refractivity contribution in [3.05, 3.63) is 31.5 Å². The van der Waals surface area contributed by atoms with Crippen LogP contribution in [0.5, 0.6) is 0 Å². The van der Waals surface area contributed by atoms with Crippen LogP contribution in [0, 0.1) is 0 Å². The minimum Gasteiger partial charge on any atom is -0.355 e. The van der Waals surface area contributed by atoms with Gasteiger partial charge < -0.3 is 14.4 Å². The maximum Gasteiger partial charge on any atom is 0.330 e. The summed E-state index contributed by atoms with van der Waals surface area (Å²) in [6.45, 7) is 4.06. The third kappa shape index (κ3) is 6.72. The first-order valence-electron chi connectivity index (χ1n) is 7.45. The van der Waals surface area contributed by atoms with Gasteiger partial charge in [0.2, 0.25) is 5.91 Å². The molecule has 0 aliphatic carbocycles. The maximum atomic E-state index is 12.2. The summed E-state index contributed by atoms with van der Waals surface area (Å²) in [5, 5.41) is 2.61. The lowest BCUT2D eigenvalue weighted by Crippen LogP contribution is -2.36. The van der Waals surface area contributed by atoms with Crippen LogP contribution in [0.15, 0.2) is 20.3 Å². The van der Waals surface area contributed by atoms with Gasteiger partial charge in [-0.3, -0.25) is 23.7 Å². The van der Waals surface area contributed by atoms with E-state index in [0.29, 0.717) is 6.42 Å². The van der Waals surface area contributed by atoms with Gasteiger partial charge in [0.25, 0.3) is 5.56 Å². The average Bonchev–Trinajstić information content (AvgIpc) is 2.50. The largest absolute Gasteiger partial charge is 0.355 e. The van der Waals surface area contributed by atoms with Crippen molar-refractivity contribution in [1.82, 2.24) is 14.9 Å². The topological polar surface area (TPSA) is 119 Å². The minimum atomic E-state index is -3.12. The van der Waals surface area contributed by atoms with Crippen molar-refractivity contribution >= 4 is 29.4 Å². The predicted molar refractivity (Wildman–Crippen MR) is 92.4 cm³/mol. The number of halogens is 1. The van der Waals surface area contributed by atoms with Crippen LogP contribution in [0.1, 0.15) is 20.3 Å². The Bertz CT molecular complexity index is 706. The molecule has 0 spiro atoms. The van der Waals surface area contributed by atoms with Gasteiger partial charge in [-0.1, -0.05) is 0 Å². The highest BCUT2D eigenvalue weighted by molar-refractivity contribution is 9.10. The van der Waals surface area contributed by atoms with Crippen LogP contribution < -0.4 is 16.6 Å². The molecule has 0 fully saturated rings. The van der Waals surface area contributed by atoms with E-state index in [1.165, 1.54) is 6.20 Å². The first-order valence-corrected chi connectivity index (χ1v) is 9.97. The van der Waals surface area contributed by atoms with E-state index in [0.717, 1.165) is 4.57 Å². The average molecular weight is 426 g/mol. The Hall–Kier alpha value is -1.22. The molecule has 0 aromatic carbocycles. The van der Waals surface area contributed by atoms with Gasteiger partial charge in [0.05, 0.1) is 23.8 Å². The van der Waals surface area contributed by atoms with Gasteiger partial charge in [-0.15, -0.1) is 0 Å². The molecule has 1 amide bonds. The molecule has 0 aliphatic heterocycles. The Morgan fingerprint density at radius 3 is 2.54 bits per heavy atom. The number of H-pyrrole nitrogens is 1. The molecular weight excluding hydrogens is 405 g/mol. The number of hydrogen-bond acceptors (Lipinski definition) is 6. The van der Waals surface area contributed by atoms with Gasteiger partial charge in [0, 0.05) is 12.7 Å². The summed E-state index contributed by atoms with van der Waals surface area (Å²) in [4.78, 5) is 36.7. The molecule has 0 saturated carbocycles. The molecule has 1 aromatic heterocycles. The Kier molecular flexibility index (Phi) is 8.61. The van der Waals surface area contributed by atoms with E-state index in [9.17, 15) is 18.9 Å². The van der Waals surface area contributed by atoms with Crippen molar-refractivity contribution in [2.75, 3.05) is 25.9 Å². The van der Waals surface area contributed by atoms with E-state index < -0.39 is 24.8 Å². The zero-order valence-electron chi connectivity index (χ0n) is 13.5. The van der Waals surface area contributed by atoms with Crippen molar-refractivity contribution < 1.29 is 18.4 Å². The van der Waals surface area contributed by atoms with E-state index in [-0.39, 0.29) is 36.9 Å². The van der Waals surface area contributed by atoms with Crippen LogP contribution in [0.4, 0.5) is 0 Å². The van der Waals surface area contributed by atoms with E-state index in [4.69, 9.17) is 9.05 Å². The normalized spacial score (nSPS) is 11.5. The zero-order valence-corrected chi connectivity index (χ0v) is 16.0. The number of nitrogens with one attached hydrogen (secondary N) is 2. The van der Waals surface area contributed by atoms with Crippen LogP contribution in [-0.2, 0) is 25.0 Å². The lowest BCUT2D eigenvalue weighted by Gasteiger charge is -2.16. The maximum absolute atomic E-state index is 12.2. The molecule has 0 aliphatic rings. The molecule has 11 heteroatoms. The van der Waals surface area contributed by atoms with Crippen molar-refractivity contribution in [1.29, 1.82) is 0 Å². The molecule has 9 nitrogen and oxygen atoms in total. The second kappa shape index (κ2) is 9.93. The number of hydrogen-bond donors (Lipinski definition) is 2. The van der Waals surface area contributed by atoms with E-state index in [1.807, 2.05) is 0 Å². The van der Waals surface area contributed by atoms with Crippen molar-refractivity contribution in [2.45, 2.75) is 26.8 Å². The molecule has 0 unspecified atom stereocenters. The summed E-state index contributed by atoms with van der Waals surface area (Å²) in [6, 6.07) is 0. The van der Waals surface area contributed by atoms with Crippen LogP contribution in [0.3, 0.4) is 0 Å². The molecular formula is C13H21BrN3O6P. The Labute approximate surface area is 147 Å². The van der Waals surface area contributed by atoms with Gasteiger partial charge in [-0.05, 0) is 36.2 Å². The number of carbonyl (C=O) groups is 1. The molecule has 0 radical (unpaired) electrons. The summed E-state index contributed by atoms with van der Waals surface area (Å²) in [5.74, 6) is -0.404. The lowest BCUT2D eigenvalue weighted by molar-refractivity contribution is -0.121. The highest BCUT2D eigenvalue weighted by Gasteiger charge is 2.22. The van der Waals surface area contributed by atoms with Crippen LogP contribution in [-0.4, -0.2) is 41.4 Å². The number of amides is 1. The zero-order chi connectivity index (χ0) is 18.2. The molecule has 24 heavy (non-hydrogen) atoms. The molecule has 136 valence electrons. The highest BCUT2D eigenvalue weighted by atomic mass is 79.9. The fraction of sp³-hybridized carbons (Fsp3) is 0.615. The van der Waals surface area contributed by atoms with Gasteiger partial charge >= 0.3 is 13.3 Å². The van der Waals surface area contributed by atoms with E-state index >= 15 is 0 Å². The second-order valence-corrected chi connectivity index (χ2v) is 7.78. The van der Waals surface area contributed by atoms with E-state index in [2.05, 4.69) is 26.2 Å². The first-order chi connectivity index (χ1) is 11.3. The first kappa shape index (κ1) is 20.8. The van der Waals surface area contributed by atoms with E-state index in [1.54, 1.807) is 13.8 Å². The van der Waals surface area contributed by atoms with Crippen LogP contribution >= 0.6 is 23.5 Å². The fourth-order valence-electron chi connectivity index (χ4n) is 1.87. The summed E-state index contributed by atoms with van der Waals surface area (Å²) < 4.78 is 23.8. The SMILES string of the molecule is CCOP(=O)(CCCNC(=O)Cn1cc(Br)c(=O)[nH]c1=O)OCC. The van der Waals surface area contributed by atoms with Gasteiger partial charge in [0.15, 0.2) is 0 Å². The van der Waals surface area contributed by atoms with Crippen molar-refractivity contribution in [2.24, 2.45) is 0 Å². The summed E-state index contributed by atoms with van der Waals surface area (Å²) >= 11 is 2.99.